The second kappa shape index (κ2) is 10.4. The quantitative estimate of drug-likeness (QED) is 0.189. The van der Waals surface area contributed by atoms with E-state index in [9.17, 15) is 36.6 Å². The van der Waals surface area contributed by atoms with Gasteiger partial charge in [-0.05, 0) is 66.7 Å². The van der Waals surface area contributed by atoms with Crippen LogP contribution in [-0.4, -0.2) is 44.0 Å². The first-order valence-corrected chi connectivity index (χ1v) is 14.6. The Labute approximate surface area is 233 Å². The Hall–Kier alpha value is -5.21. The average Bonchev–Trinajstić information content (AvgIpc) is 3.36. The van der Waals surface area contributed by atoms with E-state index >= 15 is 0 Å². The summed E-state index contributed by atoms with van der Waals surface area (Å²) >= 11 is 0. The number of hydrogen-bond donors (Lipinski definition) is 4. The van der Waals surface area contributed by atoms with E-state index in [0.717, 1.165) is 0 Å². The molecule has 0 spiro atoms. The van der Waals surface area contributed by atoms with Crippen molar-refractivity contribution in [2.75, 3.05) is 9.44 Å². The Morgan fingerprint density at radius 1 is 0.659 bits per heavy atom. The summed E-state index contributed by atoms with van der Waals surface area (Å²) in [5, 5.41) is 18.6. The molecule has 0 aliphatic heterocycles. The molecular formula is C27H19N3O9S2. The minimum atomic E-state index is -4.23. The first-order chi connectivity index (χ1) is 19.4. The molecule has 1 heterocycles. The van der Waals surface area contributed by atoms with Crippen LogP contribution in [-0.2, 0) is 20.0 Å². The number of carboxylic acids is 2. The number of sulfonamides is 2. The number of rotatable bonds is 9. The van der Waals surface area contributed by atoms with Gasteiger partial charge < -0.3 is 14.6 Å². The predicted molar refractivity (Wildman–Crippen MR) is 148 cm³/mol. The van der Waals surface area contributed by atoms with E-state index in [0.29, 0.717) is 16.7 Å². The van der Waals surface area contributed by atoms with Crippen LogP contribution in [0.1, 0.15) is 20.7 Å². The maximum atomic E-state index is 12.9. The fourth-order valence-corrected chi connectivity index (χ4v) is 6.48. The van der Waals surface area contributed by atoms with Crippen molar-refractivity contribution in [2.45, 2.75) is 9.79 Å². The minimum Gasteiger partial charge on any atom is -0.478 e. The van der Waals surface area contributed by atoms with Gasteiger partial charge in [-0.25, -0.2) is 31.4 Å². The van der Waals surface area contributed by atoms with E-state index in [1.807, 2.05) is 0 Å². The topological polar surface area (TPSA) is 193 Å². The molecule has 5 aromatic rings. The van der Waals surface area contributed by atoms with E-state index in [4.69, 9.17) is 4.42 Å². The minimum absolute atomic E-state index is 0.129. The second-order valence-corrected chi connectivity index (χ2v) is 11.9. The molecule has 4 aromatic carbocycles. The number of carboxylic acid groups (broad SMARTS) is 2. The van der Waals surface area contributed by atoms with E-state index in [1.54, 1.807) is 0 Å². The summed E-state index contributed by atoms with van der Waals surface area (Å²) in [4.78, 5) is 26.5. The number of benzene rings is 4. The number of hydrogen-bond acceptors (Lipinski definition) is 8. The average molecular weight is 594 g/mol. The predicted octanol–water partition coefficient (Wildman–Crippen LogP) is 4.49. The summed E-state index contributed by atoms with van der Waals surface area (Å²) in [5.74, 6) is -2.59. The number of anilines is 2. The van der Waals surface area contributed by atoms with Gasteiger partial charge in [0.25, 0.3) is 20.0 Å². The van der Waals surface area contributed by atoms with Crippen LogP contribution in [0.3, 0.4) is 0 Å². The van der Waals surface area contributed by atoms with Crippen LogP contribution < -0.4 is 9.44 Å². The van der Waals surface area contributed by atoms with Gasteiger partial charge in [-0.15, -0.1) is 0 Å². The molecule has 0 saturated heterocycles. The van der Waals surface area contributed by atoms with Crippen LogP contribution in [0, 0.1) is 0 Å². The Morgan fingerprint density at radius 2 is 1.15 bits per heavy atom. The van der Waals surface area contributed by atoms with Gasteiger partial charge >= 0.3 is 11.9 Å². The number of fused-ring (bicyclic) bond motifs is 1. The van der Waals surface area contributed by atoms with Crippen molar-refractivity contribution in [3.05, 3.63) is 102 Å². The zero-order valence-electron chi connectivity index (χ0n) is 20.7. The molecule has 0 atom stereocenters. The van der Waals surface area contributed by atoms with E-state index in [2.05, 4.69) is 14.4 Å². The summed E-state index contributed by atoms with van der Waals surface area (Å²) < 4.78 is 61.8. The number of carbonyl (C=O) groups is 2. The maximum Gasteiger partial charge on any atom is 0.337 e. The Morgan fingerprint density at radius 3 is 1.68 bits per heavy atom. The molecule has 0 amide bonds. The second-order valence-electron chi connectivity index (χ2n) is 8.59. The molecule has 0 saturated carbocycles. The van der Waals surface area contributed by atoms with Crippen molar-refractivity contribution < 1.29 is 41.1 Å². The molecule has 4 N–H and O–H groups in total. The molecule has 0 bridgehead atoms. The Balaban J connectivity index is 1.37. The molecule has 12 nitrogen and oxygen atoms in total. The maximum absolute atomic E-state index is 12.9. The highest BCUT2D eigenvalue weighted by molar-refractivity contribution is 7.93. The molecule has 0 radical (unpaired) electrons. The monoisotopic (exact) mass is 593 g/mol. The molecule has 41 heavy (non-hydrogen) atoms. The van der Waals surface area contributed by atoms with Crippen molar-refractivity contribution in [1.82, 2.24) is 4.98 Å². The fraction of sp³-hybridized carbons (Fsp3) is 0. The van der Waals surface area contributed by atoms with E-state index in [-0.39, 0.29) is 33.3 Å². The van der Waals surface area contributed by atoms with E-state index < -0.39 is 36.9 Å². The fourth-order valence-electron chi connectivity index (χ4n) is 3.97. The van der Waals surface area contributed by atoms with Crippen LogP contribution in [0.2, 0.25) is 0 Å². The smallest absolute Gasteiger partial charge is 0.337 e. The summed E-state index contributed by atoms with van der Waals surface area (Å²) in [6.07, 6.45) is 0. The number of aromatic carboxylic acids is 2. The molecule has 0 fully saturated rings. The first-order valence-electron chi connectivity index (χ1n) is 11.7. The molecule has 0 aliphatic carbocycles. The summed E-state index contributed by atoms with van der Waals surface area (Å²) in [7, 11) is -8.42. The zero-order chi connectivity index (χ0) is 29.4. The Bertz CT molecular complexity index is 2040. The van der Waals surface area contributed by atoms with Crippen LogP contribution in [0.4, 0.5) is 11.4 Å². The molecule has 0 aliphatic rings. The third kappa shape index (κ3) is 5.59. The van der Waals surface area contributed by atoms with Gasteiger partial charge in [0.15, 0.2) is 5.58 Å². The molecule has 1 aromatic heterocycles. The largest absolute Gasteiger partial charge is 0.478 e. The SMILES string of the molecule is O=C(O)c1ccccc1S(=O)(=O)Nc1ccc(-c2nc3cc(NS(=O)(=O)c4ccccc4C(=O)O)ccc3o2)cc1. The van der Waals surface area contributed by atoms with Crippen molar-refractivity contribution in [3.8, 4) is 11.5 Å². The lowest BCUT2D eigenvalue weighted by atomic mass is 10.2. The van der Waals surface area contributed by atoms with Crippen LogP contribution in [0.5, 0.6) is 0 Å². The lowest BCUT2D eigenvalue weighted by Crippen LogP contribution is -2.16. The Kier molecular flexibility index (Phi) is 6.94. The summed E-state index contributed by atoms with van der Waals surface area (Å²) in [6.45, 7) is 0. The molecule has 0 unspecified atom stereocenters. The number of nitrogens with zero attached hydrogens (tertiary/aromatic N) is 1. The highest BCUT2D eigenvalue weighted by atomic mass is 32.2. The normalized spacial score (nSPS) is 11.7. The van der Waals surface area contributed by atoms with Gasteiger partial charge in [0.05, 0.1) is 16.8 Å². The van der Waals surface area contributed by atoms with Gasteiger partial charge in [-0.1, -0.05) is 24.3 Å². The van der Waals surface area contributed by atoms with Crippen molar-refractivity contribution in [2.24, 2.45) is 0 Å². The number of nitrogens with one attached hydrogen (secondary N) is 2. The molecule has 208 valence electrons. The highest BCUT2D eigenvalue weighted by Crippen LogP contribution is 2.29. The van der Waals surface area contributed by atoms with Gasteiger partial charge in [-0.3, -0.25) is 9.44 Å². The third-order valence-electron chi connectivity index (χ3n) is 5.84. The van der Waals surface area contributed by atoms with Gasteiger partial charge in [0, 0.05) is 11.3 Å². The van der Waals surface area contributed by atoms with E-state index in [1.165, 1.54) is 91.0 Å². The van der Waals surface area contributed by atoms with Gasteiger partial charge in [0.2, 0.25) is 5.89 Å². The van der Waals surface area contributed by atoms with Gasteiger partial charge in [0.1, 0.15) is 15.3 Å². The zero-order valence-corrected chi connectivity index (χ0v) is 22.3. The van der Waals surface area contributed by atoms with Crippen molar-refractivity contribution >= 4 is 54.5 Å². The van der Waals surface area contributed by atoms with Crippen LogP contribution in [0.15, 0.2) is 105 Å². The first kappa shape index (κ1) is 27.4. The molecular weight excluding hydrogens is 574 g/mol. The van der Waals surface area contributed by atoms with Crippen LogP contribution >= 0.6 is 0 Å². The standard InChI is InChI=1S/C27H19N3O9S2/c31-26(32)19-5-1-3-7-23(19)40(35,36)29-17-11-9-16(10-12-17)25-28-21-15-18(13-14-22(21)39-25)30-41(37,38)24-8-4-2-6-20(24)27(33)34/h1-15,29-30H,(H,31,32)(H,33,34). The molecule has 5 rings (SSSR count). The number of oxazole rings is 1. The van der Waals surface area contributed by atoms with Crippen molar-refractivity contribution in [1.29, 1.82) is 0 Å². The lowest BCUT2D eigenvalue weighted by molar-refractivity contribution is 0.0682. The number of aromatic nitrogens is 1. The van der Waals surface area contributed by atoms with Crippen LogP contribution in [0.25, 0.3) is 22.6 Å². The molecule has 14 heteroatoms. The summed E-state index contributed by atoms with van der Waals surface area (Å²) in [6, 6.07) is 20.8. The van der Waals surface area contributed by atoms with Gasteiger partial charge in [-0.2, -0.15) is 0 Å². The lowest BCUT2D eigenvalue weighted by Gasteiger charge is -2.10. The van der Waals surface area contributed by atoms with Crippen molar-refractivity contribution in [3.63, 3.8) is 0 Å². The highest BCUT2D eigenvalue weighted by Gasteiger charge is 2.23. The summed E-state index contributed by atoms with van der Waals surface area (Å²) in [5.41, 5.74) is 0.683. The third-order valence-corrected chi connectivity index (χ3v) is 8.72.